The highest BCUT2D eigenvalue weighted by Crippen LogP contribution is 2.27. The largest absolute Gasteiger partial charge is 0.342 e. The van der Waals surface area contributed by atoms with Crippen molar-refractivity contribution in [3.8, 4) is 0 Å². The summed E-state index contributed by atoms with van der Waals surface area (Å²) in [6, 6.07) is 3.18. The lowest BCUT2D eigenvalue weighted by atomic mass is 10.0. The number of nitrogens with one attached hydrogen (secondary N) is 1. The second kappa shape index (κ2) is 5.61. The van der Waals surface area contributed by atoms with E-state index in [1.165, 1.54) is 17.0 Å². The van der Waals surface area contributed by atoms with Crippen LogP contribution in [0.25, 0.3) is 0 Å². The van der Waals surface area contributed by atoms with Crippen molar-refractivity contribution in [2.24, 2.45) is 0 Å². The Labute approximate surface area is 118 Å². The molecule has 1 aliphatic heterocycles. The number of carbonyl (C=O) groups is 2. The lowest BCUT2D eigenvalue weighted by Gasteiger charge is -2.39. The number of rotatable bonds is 3. The molecule has 2 amide bonds. The summed E-state index contributed by atoms with van der Waals surface area (Å²) < 4.78 is 13.5. The van der Waals surface area contributed by atoms with Crippen molar-refractivity contribution in [1.82, 2.24) is 5.32 Å². The van der Waals surface area contributed by atoms with E-state index in [0.717, 1.165) is 5.56 Å². The van der Waals surface area contributed by atoms with Crippen molar-refractivity contribution in [3.63, 3.8) is 0 Å². The fraction of sp³-hybridized carbons (Fsp3) is 0.467. The van der Waals surface area contributed by atoms with E-state index < -0.39 is 17.9 Å². The maximum Gasteiger partial charge on any atom is 0.250 e. The first-order valence-corrected chi connectivity index (χ1v) is 6.89. The number of piperazine rings is 1. The van der Waals surface area contributed by atoms with E-state index in [1.54, 1.807) is 6.07 Å². The van der Waals surface area contributed by atoms with Crippen LogP contribution in [-0.2, 0) is 9.59 Å². The number of hydrogen-bond donors (Lipinski definition) is 1. The van der Waals surface area contributed by atoms with Gasteiger partial charge in [-0.1, -0.05) is 19.9 Å². The number of amides is 2. The van der Waals surface area contributed by atoms with Crippen LogP contribution in [0.4, 0.5) is 10.1 Å². The summed E-state index contributed by atoms with van der Waals surface area (Å²) >= 11 is 0. The Morgan fingerprint density at radius 3 is 2.55 bits per heavy atom. The molecule has 2 atom stereocenters. The molecule has 2 unspecified atom stereocenters. The van der Waals surface area contributed by atoms with Gasteiger partial charge in [0.2, 0.25) is 11.8 Å². The fourth-order valence-electron chi connectivity index (χ4n) is 2.54. The molecule has 1 aromatic carbocycles. The SMILES string of the molecule is CCC1NC(=O)C(CC)N(c2cc(F)ccc2C)C1=O. The van der Waals surface area contributed by atoms with Crippen molar-refractivity contribution < 1.29 is 14.0 Å². The van der Waals surface area contributed by atoms with Crippen LogP contribution in [0.2, 0.25) is 0 Å². The molecule has 5 heteroatoms. The Kier molecular flexibility index (Phi) is 4.06. The van der Waals surface area contributed by atoms with E-state index in [1.807, 2.05) is 20.8 Å². The lowest BCUT2D eigenvalue weighted by Crippen LogP contribution is -2.63. The number of halogens is 1. The van der Waals surface area contributed by atoms with E-state index in [0.29, 0.717) is 18.5 Å². The highest BCUT2D eigenvalue weighted by atomic mass is 19.1. The molecule has 0 bridgehead atoms. The van der Waals surface area contributed by atoms with Crippen molar-refractivity contribution >= 4 is 17.5 Å². The summed E-state index contributed by atoms with van der Waals surface area (Å²) in [5, 5.41) is 2.73. The quantitative estimate of drug-likeness (QED) is 0.921. The van der Waals surface area contributed by atoms with Crippen LogP contribution in [0.3, 0.4) is 0 Å². The van der Waals surface area contributed by atoms with Gasteiger partial charge >= 0.3 is 0 Å². The Morgan fingerprint density at radius 2 is 1.95 bits per heavy atom. The molecule has 0 radical (unpaired) electrons. The zero-order chi connectivity index (χ0) is 14.9. The third kappa shape index (κ3) is 2.40. The Balaban J connectivity index is 2.50. The zero-order valence-corrected chi connectivity index (χ0v) is 11.9. The van der Waals surface area contributed by atoms with Crippen molar-refractivity contribution in [2.45, 2.75) is 45.7 Å². The second-order valence-electron chi connectivity index (χ2n) is 5.03. The minimum atomic E-state index is -0.578. The van der Waals surface area contributed by atoms with E-state index in [-0.39, 0.29) is 11.8 Å². The lowest BCUT2D eigenvalue weighted by molar-refractivity contribution is -0.134. The van der Waals surface area contributed by atoms with Gasteiger partial charge in [0, 0.05) is 0 Å². The van der Waals surface area contributed by atoms with Gasteiger partial charge in [-0.25, -0.2) is 4.39 Å². The molecule has 0 saturated carbocycles. The first kappa shape index (κ1) is 14.5. The molecule has 1 fully saturated rings. The summed E-state index contributed by atoms with van der Waals surface area (Å²) in [6.07, 6.45) is 1.01. The van der Waals surface area contributed by atoms with Gasteiger partial charge in [-0.15, -0.1) is 0 Å². The number of benzene rings is 1. The average Bonchev–Trinajstić information content (AvgIpc) is 2.43. The molecular formula is C15H19FN2O2. The summed E-state index contributed by atoms with van der Waals surface area (Å²) in [4.78, 5) is 26.1. The minimum absolute atomic E-state index is 0.173. The first-order chi connectivity index (χ1) is 9.49. The van der Waals surface area contributed by atoms with Gasteiger partial charge in [-0.3, -0.25) is 14.5 Å². The zero-order valence-electron chi connectivity index (χ0n) is 11.9. The molecule has 4 nitrogen and oxygen atoms in total. The Hall–Kier alpha value is -1.91. The van der Waals surface area contributed by atoms with E-state index >= 15 is 0 Å². The molecule has 1 heterocycles. The molecule has 20 heavy (non-hydrogen) atoms. The molecule has 1 aliphatic rings. The third-order valence-electron chi connectivity index (χ3n) is 3.69. The summed E-state index contributed by atoms with van der Waals surface area (Å²) in [6.45, 7) is 5.49. The van der Waals surface area contributed by atoms with Gasteiger partial charge in [-0.2, -0.15) is 0 Å². The molecule has 1 aromatic rings. The second-order valence-corrected chi connectivity index (χ2v) is 5.03. The van der Waals surface area contributed by atoms with E-state index in [9.17, 15) is 14.0 Å². The van der Waals surface area contributed by atoms with Crippen LogP contribution in [0.15, 0.2) is 18.2 Å². The number of carbonyl (C=O) groups excluding carboxylic acids is 2. The Bertz CT molecular complexity index is 545. The monoisotopic (exact) mass is 278 g/mol. The van der Waals surface area contributed by atoms with Gasteiger partial charge < -0.3 is 5.32 Å². The maximum absolute atomic E-state index is 13.5. The van der Waals surface area contributed by atoms with Crippen LogP contribution in [0.5, 0.6) is 0 Å². The highest BCUT2D eigenvalue weighted by molar-refractivity contribution is 6.08. The molecule has 0 spiro atoms. The van der Waals surface area contributed by atoms with Gasteiger partial charge in [0.1, 0.15) is 17.9 Å². The number of anilines is 1. The van der Waals surface area contributed by atoms with Crippen molar-refractivity contribution in [3.05, 3.63) is 29.6 Å². The average molecular weight is 278 g/mol. The molecule has 1 N–H and O–H groups in total. The Morgan fingerprint density at radius 1 is 1.25 bits per heavy atom. The molecule has 2 rings (SSSR count). The molecular weight excluding hydrogens is 259 g/mol. The van der Waals surface area contributed by atoms with Crippen molar-refractivity contribution in [2.75, 3.05) is 4.90 Å². The van der Waals surface area contributed by atoms with Crippen LogP contribution in [0, 0.1) is 12.7 Å². The van der Waals surface area contributed by atoms with E-state index in [2.05, 4.69) is 5.32 Å². The predicted molar refractivity (Wildman–Crippen MR) is 74.9 cm³/mol. The minimum Gasteiger partial charge on any atom is -0.342 e. The molecule has 108 valence electrons. The molecule has 0 aliphatic carbocycles. The van der Waals surface area contributed by atoms with Crippen LogP contribution < -0.4 is 10.2 Å². The van der Waals surface area contributed by atoms with Gasteiger partial charge in [-0.05, 0) is 37.5 Å². The first-order valence-electron chi connectivity index (χ1n) is 6.89. The topological polar surface area (TPSA) is 49.4 Å². The predicted octanol–water partition coefficient (Wildman–Crippen LogP) is 2.15. The normalized spacial score (nSPS) is 22.9. The fourth-order valence-corrected chi connectivity index (χ4v) is 2.54. The van der Waals surface area contributed by atoms with Crippen LogP contribution in [-0.4, -0.2) is 23.9 Å². The van der Waals surface area contributed by atoms with Gasteiger partial charge in [0.15, 0.2) is 0 Å². The number of aryl methyl sites for hydroxylation is 1. The van der Waals surface area contributed by atoms with Crippen molar-refractivity contribution in [1.29, 1.82) is 0 Å². The molecule has 1 saturated heterocycles. The molecule has 0 aromatic heterocycles. The van der Waals surface area contributed by atoms with E-state index in [4.69, 9.17) is 0 Å². The third-order valence-corrected chi connectivity index (χ3v) is 3.69. The standard InChI is InChI=1S/C15H19FN2O2/c1-4-11-15(20)18(12(5-2)14(19)17-11)13-8-10(16)7-6-9(13)3/h6-8,11-12H,4-5H2,1-3H3,(H,17,19). The van der Waals surface area contributed by atoms with Crippen LogP contribution >= 0.6 is 0 Å². The highest BCUT2D eigenvalue weighted by Gasteiger charge is 2.40. The van der Waals surface area contributed by atoms with Gasteiger partial charge in [0.25, 0.3) is 0 Å². The number of nitrogens with zero attached hydrogens (tertiary/aromatic N) is 1. The smallest absolute Gasteiger partial charge is 0.250 e. The van der Waals surface area contributed by atoms with Crippen LogP contribution in [0.1, 0.15) is 32.3 Å². The number of hydrogen-bond acceptors (Lipinski definition) is 2. The summed E-state index contributed by atoms with van der Waals surface area (Å²) in [5.41, 5.74) is 1.26. The summed E-state index contributed by atoms with van der Waals surface area (Å²) in [7, 11) is 0. The maximum atomic E-state index is 13.5. The summed E-state index contributed by atoms with van der Waals surface area (Å²) in [5.74, 6) is -0.762. The van der Waals surface area contributed by atoms with Gasteiger partial charge in [0.05, 0.1) is 5.69 Å².